The second kappa shape index (κ2) is 17.7. The Morgan fingerprint density at radius 2 is 0.769 bits per heavy atom. The summed E-state index contributed by atoms with van der Waals surface area (Å²) in [6, 6.07) is 35.6. The molecular formula is C52H56. The topological polar surface area (TPSA) is 0 Å². The van der Waals surface area contributed by atoms with Gasteiger partial charge in [-0.05, 0) is 108 Å². The smallest absolute Gasteiger partial charge is 0.00558 e. The van der Waals surface area contributed by atoms with Crippen molar-refractivity contribution in [2.75, 3.05) is 0 Å². The molecule has 0 nitrogen and oxygen atoms in total. The highest BCUT2D eigenvalue weighted by Gasteiger charge is 2.31. The number of rotatable bonds is 16. The van der Waals surface area contributed by atoms with Gasteiger partial charge in [0.1, 0.15) is 0 Å². The van der Waals surface area contributed by atoms with Crippen molar-refractivity contribution in [1.29, 1.82) is 0 Å². The maximum atomic E-state index is 3.87. The van der Waals surface area contributed by atoms with E-state index in [1.54, 1.807) is 0 Å². The number of fused-ring (bicyclic) bond motifs is 4. The van der Waals surface area contributed by atoms with E-state index in [0.717, 1.165) is 12.8 Å². The molecule has 0 N–H and O–H groups in total. The van der Waals surface area contributed by atoms with Gasteiger partial charge in [0.2, 0.25) is 0 Å². The van der Waals surface area contributed by atoms with Crippen LogP contribution in [0.4, 0.5) is 0 Å². The van der Waals surface area contributed by atoms with Crippen LogP contribution in [-0.4, -0.2) is 0 Å². The normalized spacial score (nSPS) is 20.8. The van der Waals surface area contributed by atoms with Gasteiger partial charge in [0.25, 0.3) is 0 Å². The number of hydrogen-bond acceptors (Lipinski definition) is 0. The summed E-state index contributed by atoms with van der Waals surface area (Å²) in [4.78, 5) is 0. The molecule has 0 aromatic heterocycles. The van der Waals surface area contributed by atoms with Gasteiger partial charge in [-0.15, -0.1) is 13.2 Å². The van der Waals surface area contributed by atoms with Crippen LogP contribution in [0, 0.1) is 11.8 Å². The first-order valence-electron chi connectivity index (χ1n) is 20.0. The van der Waals surface area contributed by atoms with Crippen LogP contribution in [0.25, 0.3) is 24.3 Å². The van der Waals surface area contributed by atoms with Crippen molar-refractivity contribution in [3.05, 3.63) is 191 Å². The first-order chi connectivity index (χ1) is 25.7. The van der Waals surface area contributed by atoms with Gasteiger partial charge in [-0.3, -0.25) is 0 Å². The quantitative estimate of drug-likeness (QED) is 0.0816. The minimum atomic E-state index is 0.566. The van der Waals surface area contributed by atoms with Crippen LogP contribution in [0.15, 0.2) is 147 Å². The Labute approximate surface area is 314 Å². The Balaban J connectivity index is 0.000000162. The van der Waals surface area contributed by atoms with Crippen molar-refractivity contribution in [3.63, 3.8) is 0 Å². The summed E-state index contributed by atoms with van der Waals surface area (Å²) in [6.45, 7) is 7.74. The van der Waals surface area contributed by atoms with Crippen molar-refractivity contribution >= 4 is 24.3 Å². The largest absolute Gasteiger partial charge is 0.103 e. The first kappa shape index (κ1) is 35.7. The van der Waals surface area contributed by atoms with Crippen LogP contribution in [0.5, 0.6) is 0 Å². The zero-order valence-corrected chi connectivity index (χ0v) is 31.0. The zero-order chi connectivity index (χ0) is 35.5. The maximum absolute atomic E-state index is 3.87. The highest BCUT2D eigenvalue weighted by molar-refractivity contribution is 5.65. The summed E-state index contributed by atoms with van der Waals surface area (Å²) in [5.41, 5.74) is 11.7. The Morgan fingerprint density at radius 3 is 1.17 bits per heavy atom. The van der Waals surface area contributed by atoms with E-state index in [2.05, 4.69) is 171 Å². The first-order valence-corrected chi connectivity index (χ1v) is 20.0. The molecule has 0 spiro atoms. The molecule has 0 heterocycles. The van der Waals surface area contributed by atoms with E-state index in [4.69, 9.17) is 0 Å². The second-order valence-electron chi connectivity index (χ2n) is 15.4. The molecule has 6 atom stereocenters. The van der Waals surface area contributed by atoms with Crippen molar-refractivity contribution in [1.82, 2.24) is 0 Å². The molecule has 52 heavy (non-hydrogen) atoms. The highest BCUT2D eigenvalue weighted by atomic mass is 14.3. The zero-order valence-electron chi connectivity index (χ0n) is 31.0. The van der Waals surface area contributed by atoms with E-state index in [0.29, 0.717) is 35.5 Å². The number of unbranched alkanes of at least 4 members (excludes halogenated alkanes) is 4. The van der Waals surface area contributed by atoms with Crippen molar-refractivity contribution in [2.24, 2.45) is 11.8 Å². The Morgan fingerprint density at radius 1 is 0.423 bits per heavy atom. The molecule has 0 radical (unpaired) electrons. The van der Waals surface area contributed by atoms with Crippen LogP contribution in [0.3, 0.4) is 0 Å². The molecule has 6 unspecified atom stereocenters. The Hall–Kier alpha value is -4.68. The van der Waals surface area contributed by atoms with Gasteiger partial charge < -0.3 is 0 Å². The fourth-order valence-electron chi connectivity index (χ4n) is 9.37. The molecule has 8 rings (SSSR count). The molecule has 0 bridgehead atoms. The third-order valence-electron chi connectivity index (χ3n) is 12.1. The van der Waals surface area contributed by atoms with Gasteiger partial charge in [0.05, 0.1) is 0 Å². The molecule has 4 aromatic rings. The van der Waals surface area contributed by atoms with E-state index >= 15 is 0 Å². The van der Waals surface area contributed by atoms with Gasteiger partial charge in [0.15, 0.2) is 0 Å². The fraction of sp³-hybridized carbons (Fsp3) is 0.308. The van der Waals surface area contributed by atoms with Gasteiger partial charge in [-0.2, -0.15) is 0 Å². The average Bonchev–Trinajstić information content (AvgIpc) is 4.00. The number of benzene rings is 4. The van der Waals surface area contributed by atoms with E-state index in [1.165, 1.54) is 95.9 Å². The Kier molecular flexibility index (Phi) is 12.2. The molecular weight excluding hydrogens is 625 g/mol. The lowest BCUT2D eigenvalue weighted by Gasteiger charge is -2.27. The lowest BCUT2D eigenvalue weighted by molar-refractivity contribution is 0.384. The summed E-state index contributed by atoms with van der Waals surface area (Å²) in [5.74, 6) is 3.65. The maximum Gasteiger partial charge on any atom is 0.00558 e. The van der Waals surface area contributed by atoms with Crippen LogP contribution < -0.4 is 0 Å². The molecule has 4 aliphatic carbocycles. The monoisotopic (exact) mass is 680 g/mol. The van der Waals surface area contributed by atoms with Crippen LogP contribution in [0.1, 0.15) is 132 Å². The summed E-state index contributed by atoms with van der Waals surface area (Å²) in [6.07, 6.45) is 35.6. The summed E-state index contributed by atoms with van der Waals surface area (Å²) in [5, 5.41) is 0. The van der Waals surface area contributed by atoms with E-state index in [-0.39, 0.29) is 0 Å². The molecule has 0 fully saturated rings. The average molecular weight is 681 g/mol. The summed E-state index contributed by atoms with van der Waals surface area (Å²) >= 11 is 0. The summed E-state index contributed by atoms with van der Waals surface area (Å²) in [7, 11) is 0. The molecule has 4 aromatic carbocycles. The lowest BCUT2D eigenvalue weighted by atomic mass is 9.77. The lowest BCUT2D eigenvalue weighted by Crippen LogP contribution is -2.13. The predicted octanol–water partition coefficient (Wildman–Crippen LogP) is 14.7. The molecule has 0 heteroatoms. The second-order valence-corrected chi connectivity index (χ2v) is 15.4. The third kappa shape index (κ3) is 8.34. The van der Waals surface area contributed by atoms with Crippen LogP contribution in [0.2, 0.25) is 0 Å². The number of hydrogen-bond donors (Lipinski definition) is 0. The van der Waals surface area contributed by atoms with E-state index in [1.807, 2.05) is 0 Å². The predicted molar refractivity (Wildman–Crippen MR) is 226 cm³/mol. The minimum Gasteiger partial charge on any atom is -0.103 e. The van der Waals surface area contributed by atoms with Crippen LogP contribution >= 0.6 is 0 Å². The number of allylic oxidation sites excluding steroid dienone is 6. The molecule has 0 amide bonds. The van der Waals surface area contributed by atoms with E-state index < -0.39 is 0 Å². The van der Waals surface area contributed by atoms with Gasteiger partial charge in [0, 0.05) is 23.7 Å². The minimum absolute atomic E-state index is 0.566. The van der Waals surface area contributed by atoms with Crippen molar-refractivity contribution in [2.45, 2.75) is 87.9 Å². The van der Waals surface area contributed by atoms with E-state index in [9.17, 15) is 0 Å². The molecule has 0 saturated heterocycles. The molecule has 4 aliphatic rings. The highest BCUT2D eigenvalue weighted by Crippen LogP contribution is 2.46. The van der Waals surface area contributed by atoms with Gasteiger partial charge >= 0.3 is 0 Å². The fourth-order valence-corrected chi connectivity index (χ4v) is 9.37. The molecule has 264 valence electrons. The SMILES string of the molecule is C=CCCCCC(CC1C=Cc2ccccc21)C1C=Cc2ccccc21.C=CCCCCC(CC1C=Cc2ccccc21)C1C=Cc2ccccc21. The standard InChI is InChI=1S/2C26H28/c2*1-2-3-4-5-12-22(26-18-17-21-11-7-9-14-25(21)26)19-23-16-15-20-10-6-8-13-24(20)23/h2*2,6-11,13-18,22-23,26H,1,3-5,12,19H2. The third-order valence-corrected chi connectivity index (χ3v) is 12.1. The van der Waals surface area contributed by atoms with Crippen molar-refractivity contribution < 1.29 is 0 Å². The van der Waals surface area contributed by atoms with Gasteiger partial charge in [-0.1, -0.05) is 171 Å². The molecule has 0 saturated carbocycles. The van der Waals surface area contributed by atoms with Crippen molar-refractivity contribution in [3.8, 4) is 0 Å². The van der Waals surface area contributed by atoms with Gasteiger partial charge in [-0.25, -0.2) is 0 Å². The summed E-state index contributed by atoms with van der Waals surface area (Å²) < 4.78 is 0. The Bertz CT molecular complexity index is 1790. The van der Waals surface area contributed by atoms with Crippen LogP contribution in [-0.2, 0) is 0 Å². The molecule has 0 aliphatic heterocycles.